The zero-order valence-electron chi connectivity index (χ0n) is 18.4. The molecule has 29 heavy (non-hydrogen) atoms. The van der Waals surface area contributed by atoms with Crippen LogP contribution >= 0.6 is 0 Å². The molecule has 0 atom stereocenters. The van der Waals surface area contributed by atoms with Crippen LogP contribution in [-0.2, 0) is 22.4 Å². The molecule has 0 aliphatic carbocycles. The molecule has 4 nitrogen and oxygen atoms in total. The Morgan fingerprint density at radius 1 is 1.14 bits per heavy atom. The van der Waals surface area contributed by atoms with Crippen LogP contribution in [0.15, 0.2) is 42.5 Å². The molecule has 0 fully saturated rings. The van der Waals surface area contributed by atoms with Gasteiger partial charge in [-0.3, -0.25) is 4.79 Å². The lowest BCUT2D eigenvalue weighted by Crippen LogP contribution is -2.06. The van der Waals surface area contributed by atoms with Gasteiger partial charge in [0.2, 0.25) is 0 Å². The Morgan fingerprint density at radius 2 is 1.79 bits per heavy atom. The number of carbonyl (C=O) groups is 1. The topological polar surface area (TPSA) is 55.8 Å². The predicted molar refractivity (Wildman–Crippen MR) is 120 cm³/mol. The van der Waals surface area contributed by atoms with Crippen LogP contribution in [0.5, 0.6) is 5.75 Å². The van der Waals surface area contributed by atoms with E-state index in [1.54, 1.807) is 14.0 Å². The lowest BCUT2D eigenvalue weighted by Gasteiger charge is -2.19. The van der Waals surface area contributed by atoms with E-state index in [1.165, 1.54) is 33.4 Å². The number of allylic oxidation sites excluding steroid dienone is 1. The van der Waals surface area contributed by atoms with Gasteiger partial charge in [-0.05, 0) is 79.1 Å². The van der Waals surface area contributed by atoms with Crippen LogP contribution in [-0.4, -0.2) is 38.3 Å². The van der Waals surface area contributed by atoms with Crippen LogP contribution in [0, 0.1) is 13.8 Å². The summed E-state index contributed by atoms with van der Waals surface area (Å²) in [5.74, 6) is 0.820. The second-order valence-corrected chi connectivity index (χ2v) is 7.07. The minimum atomic E-state index is 0.0215. The first-order chi connectivity index (χ1) is 13.9. The Bertz CT molecular complexity index is 809. The Hall–Kier alpha value is -2.43. The van der Waals surface area contributed by atoms with E-state index in [2.05, 4.69) is 57.7 Å². The van der Waals surface area contributed by atoms with Crippen molar-refractivity contribution in [1.82, 2.24) is 0 Å². The molecule has 0 aliphatic heterocycles. The number of hydrogen-bond acceptors (Lipinski definition) is 4. The van der Waals surface area contributed by atoms with Crippen molar-refractivity contribution in [1.29, 1.82) is 0 Å². The van der Waals surface area contributed by atoms with E-state index in [-0.39, 0.29) is 6.61 Å². The van der Waals surface area contributed by atoms with E-state index in [1.807, 2.05) is 0 Å². The quantitative estimate of drug-likeness (QED) is 0.484. The van der Waals surface area contributed by atoms with Crippen molar-refractivity contribution >= 4 is 6.29 Å². The van der Waals surface area contributed by atoms with E-state index in [9.17, 15) is 4.79 Å². The molecule has 0 amide bonds. The highest BCUT2D eigenvalue weighted by atomic mass is 16.5. The summed E-state index contributed by atoms with van der Waals surface area (Å²) in [5.41, 5.74) is 8.20. The van der Waals surface area contributed by atoms with Crippen molar-refractivity contribution in [2.75, 3.05) is 26.9 Å². The summed E-state index contributed by atoms with van der Waals surface area (Å²) in [7, 11) is 1.73. The van der Waals surface area contributed by atoms with E-state index in [4.69, 9.17) is 14.6 Å². The normalized spacial score (nSPS) is 10.1. The molecule has 0 radical (unpaired) electrons. The fourth-order valence-corrected chi connectivity index (χ4v) is 3.11. The van der Waals surface area contributed by atoms with Gasteiger partial charge in [0.05, 0.1) is 13.2 Å². The molecule has 0 unspecified atom stereocenters. The first-order valence-corrected chi connectivity index (χ1v) is 9.94. The molecular weight excluding hydrogens is 364 g/mol. The van der Waals surface area contributed by atoms with Gasteiger partial charge in [-0.2, -0.15) is 0 Å². The third-order valence-corrected chi connectivity index (χ3v) is 4.44. The van der Waals surface area contributed by atoms with Gasteiger partial charge in [0.25, 0.3) is 0 Å². The monoisotopic (exact) mass is 398 g/mol. The number of aliphatic hydroxyl groups is 1. The number of hydrogen-bond donors (Lipinski definition) is 1. The van der Waals surface area contributed by atoms with Gasteiger partial charge in [0.15, 0.2) is 0 Å². The molecule has 158 valence electrons. The van der Waals surface area contributed by atoms with Crippen molar-refractivity contribution in [2.45, 2.75) is 40.5 Å². The molecule has 0 heterocycles. The maximum absolute atomic E-state index is 9.41. The standard InChI is InChI=1S/C21H28O3.C4H6O/c1-5-17-13-19(24-11-9-22)14-18(8-10-23-4)21(17)20-7-6-15(2)12-16(20)3;1-4(2)3-5/h6-7,12-14,22H,5,8-11H2,1-4H3;3H,1H2,2H3. The minimum absolute atomic E-state index is 0.0215. The Morgan fingerprint density at radius 3 is 2.31 bits per heavy atom. The second kappa shape index (κ2) is 12.9. The summed E-state index contributed by atoms with van der Waals surface area (Å²) in [6.07, 6.45) is 2.49. The molecule has 0 saturated heterocycles. The largest absolute Gasteiger partial charge is 0.491 e. The molecule has 0 bridgehead atoms. The SMILES string of the molecule is C=C(C)C=O.CCc1cc(OCCO)cc(CCOC)c1-c1ccc(C)cc1C. The van der Waals surface area contributed by atoms with Crippen molar-refractivity contribution < 1.29 is 19.4 Å². The van der Waals surface area contributed by atoms with E-state index in [0.29, 0.717) is 18.8 Å². The minimum Gasteiger partial charge on any atom is -0.491 e. The Balaban J connectivity index is 0.000000749. The highest BCUT2D eigenvalue weighted by Gasteiger charge is 2.14. The van der Waals surface area contributed by atoms with Gasteiger partial charge in [-0.1, -0.05) is 37.3 Å². The van der Waals surface area contributed by atoms with Crippen LogP contribution in [0.3, 0.4) is 0 Å². The number of rotatable bonds is 9. The lowest BCUT2D eigenvalue weighted by atomic mass is 9.88. The molecule has 0 aromatic heterocycles. The fraction of sp³-hybridized carbons (Fsp3) is 0.400. The van der Waals surface area contributed by atoms with Crippen molar-refractivity contribution in [2.24, 2.45) is 0 Å². The van der Waals surface area contributed by atoms with Crippen LogP contribution in [0.2, 0.25) is 0 Å². The second-order valence-electron chi connectivity index (χ2n) is 7.07. The zero-order valence-corrected chi connectivity index (χ0v) is 18.4. The first-order valence-electron chi connectivity index (χ1n) is 9.94. The van der Waals surface area contributed by atoms with Gasteiger partial charge in [-0.15, -0.1) is 0 Å². The number of carbonyl (C=O) groups excluding carboxylic acids is 1. The summed E-state index contributed by atoms with van der Waals surface area (Å²) < 4.78 is 11.0. The zero-order chi connectivity index (χ0) is 21.8. The highest BCUT2D eigenvalue weighted by Crippen LogP contribution is 2.35. The van der Waals surface area contributed by atoms with Crippen molar-refractivity contribution in [3.05, 3.63) is 64.7 Å². The molecule has 2 aromatic carbocycles. The average Bonchev–Trinajstić information content (AvgIpc) is 2.71. The molecular formula is C25H34O4. The first kappa shape index (κ1) is 24.6. The van der Waals surface area contributed by atoms with Crippen LogP contribution in [0.25, 0.3) is 11.1 Å². The third-order valence-electron chi connectivity index (χ3n) is 4.44. The average molecular weight is 399 g/mol. The summed E-state index contributed by atoms with van der Waals surface area (Å²) in [4.78, 5) is 9.41. The molecule has 0 spiro atoms. The molecule has 1 N–H and O–H groups in total. The van der Waals surface area contributed by atoms with Crippen molar-refractivity contribution in [3.63, 3.8) is 0 Å². The van der Waals surface area contributed by atoms with Gasteiger partial charge in [0.1, 0.15) is 18.6 Å². The van der Waals surface area contributed by atoms with Crippen LogP contribution in [0.4, 0.5) is 0 Å². The van der Waals surface area contributed by atoms with E-state index >= 15 is 0 Å². The number of aldehydes is 1. The number of aryl methyl sites for hydroxylation is 3. The van der Waals surface area contributed by atoms with Crippen molar-refractivity contribution in [3.8, 4) is 16.9 Å². The Labute approximate surface area is 175 Å². The Kier molecular flexibility index (Phi) is 11.0. The van der Waals surface area contributed by atoms with Gasteiger partial charge in [-0.25, -0.2) is 0 Å². The summed E-state index contributed by atoms with van der Waals surface area (Å²) in [5, 5.41) is 9.01. The number of ether oxygens (including phenoxy) is 2. The molecule has 0 aliphatic rings. The van der Waals surface area contributed by atoms with Crippen LogP contribution in [0.1, 0.15) is 36.1 Å². The molecule has 2 rings (SSSR count). The van der Waals surface area contributed by atoms with Gasteiger partial charge in [0, 0.05) is 7.11 Å². The van der Waals surface area contributed by atoms with E-state index in [0.717, 1.165) is 24.9 Å². The van der Waals surface area contributed by atoms with Gasteiger partial charge >= 0.3 is 0 Å². The highest BCUT2D eigenvalue weighted by molar-refractivity contribution is 5.75. The van der Waals surface area contributed by atoms with E-state index < -0.39 is 0 Å². The lowest BCUT2D eigenvalue weighted by molar-refractivity contribution is -0.104. The molecule has 0 saturated carbocycles. The summed E-state index contributed by atoms with van der Waals surface area (Å²) in [6, 6.07) is 10.8. The number of aliphatic hydroxyl groups excluding tert-OH is 1. The van der Waals surface area contributed by atoms with Gasteiger partial charge < -0.3 is 14.6 Å². The van der Waals surface area contributed by atoms with Crippen LogP contribution < -0.4 is 4.74 Å². The molecule has 2 aromatic rings. The smallest absolute Gasteiger partial charge is 0.145 e. The fourth-order valence-electron chi connectivity index (χ4n) is 3.11. The predicted octanol–water partition coefficient (Wildman–Crippen LogP) is 4.85. The summed E-state index contributed by atoms with van der Waals surface area (Å²) in [6.45, 7) is 12.4. The maximum atomic E-state index is 9.41. The number of benzene rings is 2. The summed E-state index contributed by atoms with van der Waals surface area (Å²) >= 11 is 0. The third kappa shape index (κ3) is 7.84. The maximum Gasteiger partial charge on any atom is 0.145 e. The molecule has 4 heteroatoms. The number of methoxy groups -OCH3 is 1.